The number of amides is 2. The minimum Gasteiger partial charge on any atom is -0.346 e. The molecule has 0 radical (unpaired) electrons. The highest BCUT2D eigenvalue weighted by atomic mass is 32.2. The van der Waals surface area contributed by atoms with Crippen molar-refractivity contribution in [2.75, 3.05) is 31.1 Å². The van der Waals surface area contributed by atoms with E-state index in [0.717, 1.165) is 0 Å². The first kappa shape index (κ1) is 13.9. The van der Waals surface area contributed by atoms with Gasteiger partial charge in [0.1, 0.15) is 0 Å². The highest BCUT2D eigenvalue weighted by Gasteiger charge is 2.30. The molecule has 0 aromatic rings. The Labute approximate surface area is 100 Å². The molecule has 0 aromatic heterocycles. The fourth-order valence-electron chi connectivity index (χ4n) is 1.72. The van der Waals surface area contributed by atoms with Crippen molar-refractivity contribution in [1.29, 1.82) is 0 Å². The van der Waals surface area contributed by atoms with Crippen molar-refractivity contribution in [1.82, 2.24) is 10.2 Å². The molecule has 1 unspecified atom stereocenters. The van der Waals surface area contributed by atoms with Crippen LogP contribution in [0.4, 0.5) is 0 Å². The summed E-state index contributed by atoms with van der Waals surface area (Å²) in [5, 5.41) is 2.37. The molecule has 2 amide bonds. The number of rotatable bonds is 3. The fourth-order valence-corrected chi connectivity index (χ4v) is 3.27. The van der Waals surface area contributed by atoms with Crippen LogP contribution < -0.4 is 11.1 Å². The van der Waals surface area contributed by atoms with Gasteiger partial charge in [-0.25, -0.2) is 8.42 Å². The van der Waals surface area contributed by atoms with Crippen LogP contribution in [-0.4, -0.2) is 62.3 Å². The van der Waals surface area contributed by atoms with Gasteiger partial charge in [-0.1, -0.05) is 0 Å². The Morgan fingerprint density at radius 3 is 2.65 bits per heavy atom. The van der Waals surface area contributed by atoms with E-state index in [9.17, 15) is 18.0 Å². The predicted octanol–water partition coefficient (Wildman–Crippen LogP) is -2.29. The number of hydrogen-bond donors (Lipinski definition) is 2. The third-order valence-corrected chi connectivity index (χ3v) is 4.41. The maximum atomic E-state index is 11.7. The first-order valence-electron chi connectivity index (χ1n) is 5.32. The Morgan fingerprint density at radius 2 is 2.12 bits per heavy atom. The van der Waals surface area contributed by atoms with E-state index < -0.39 is 15.7 Å². The summed E-state index contributed by atoms with van der Waals surface area (Å²) in [6.07, 6.45) is 0. The van der Waals surface area contributed by atoms with Crippen molar-refractivity contribution in [3.8, 4) is 0 Å². The van der Waals surface area contributed by atoms with Crippen molar-refractivity contribution in [2.45, 2.75) is 13.0 Å². The molecule has 1 aliphatic heterocycles. The quantitative estimate of drug-likeness (QED) is 0.595. The van der Waals surface area contributed by atoms with Crippen LogP contribution in [0.3, 0.4) is 0 Å². The van der Waals surface area contributed by atoms with Crippen LogP contribution >= 0.6 is 0 Å². The summed E-state index contributed by atoms with van der Waals surface area (Å²) in [7, 11) is -3.04. The molecule has 0 aliphatic carbocycles. The van der Waals surface area contributed by atoms with Crippen LogP contribution in [0, 0.1) is 0 Å². The third kappa shape index (κ3) is 3.97. The van der Waals surface area contributed by atoms with Crippen LogP contribution in [0.25, 0.3) is 0 Å². The minimum atomic E-state index is -3.04. The fraction of sp³-hybridized carbons (Fsp3) is 0.778. The van der Waals surface area contributed by atoms with Crippen molar-refractivity contribution < 1.29 is 18.0 Å². The molecule has 3 N–H and O–H groups in total. The monoisotopic (exact) mass is 263 g/mol. The van der Waals surface area contributed by atoms with Crippen LogP contribution in [0.5, 0.6) is 0 Å². The number of nitrogens with two attached hydrogens (primary N) is 1. The Hall–Kier alpha value is -1.15. The molecule has 7 nitrogen and oxygen atoms in total. The maximum Gasteiger partial charge on any atom is 0.242 e. The average Bonchev–Trinajstić information content (AvgIpc) is 2.24. The first-order chi connectivity index (χ1) is 7.85. The summed E-state index contributed by atoms with van der Waals surface area (Å²) in [5.74, 6) is -0.734. The van der Waals surface area contributed by atoms with Gasteiger partial charge in [-0.2, -0.15) is 0 Å². The Balaban J connectivity index is 2.51. The van der Waals surface area contributed by atoms with Gasteiger partial charge in [-0.05, 0) is 6.92 Å². The van der Waals surface area contributed by atoms with E-state index in [1.165, 1.54) is 4.90 Å². The molecular formula is C9H17N3O4S. The molecule has 98 valence electrons. The lowest BCUT2D eigenvalue weighted by molar-refractivity contribution is -0.133. The lowest BCUT2D eigenvalue weighted by Gasteiger charge is -2.33. The highest BCUT2D eigenvalue weighted by Crippen LogP contribution is 2.11. The van der Waals surface area contributed by atoms with Crippen molar-refractivity contribution in [3.63, 3.8) is 0 Å². The predicted molar refractivity (Wildman–Crippen MR) is 61.9 cm³/mol. The van der Waals surface area contributed by atoms with Crippen LogP contribution in [-0.2, 0) is 19.4 Å². The topological polar surface area (TPSA) is 110 Å². The van der Waals surface area contributed by atoms with E-state index in [4.69, 9.17) is 5.73 Å². The van der Waals surface area contributed by atoms with Gasteiger partial charge in [0.2, 0.25) is 11.8 Å². The smallest absolute Gasteiger partial charge is 0.242 e. The molecular weight excluding hydrogens is 246 g/mol. The Morgan fingerprint density at radius 1 is 1.47 bits per heavy atom. The van der Waals surface area contributed by atoms with Gasteiger partial charge in [0.05, 0.1) is 24.6 Å². The van der Waals surface area contributed by atoms with E-state index in [0.29, 0.717) is 0 Å². The second-order valence-corrected chi connectivity index (χ2v) is 6.26. The van der Waals surface area contributed by atoms with E-state index in [1.54, 1.807) is 6.92 Å². The van der Waals surface area contributed by atoms with Gasteiger partial charge in [0.25, 0.3) is 0 Å². The van der Waals surface area contributed by atoms with Crippen LogP contribution in [0.15, 0.2) is 0 Å². The minimum absolute atomic E-state index is 0.0199. The van der Waals surface area contributed by atoms with Gasteiger partial charge in [0, 0.05) is 12.6 Å². The van der Waals surface area contributed by atoms with Gasteiger partial charge in [-0.3, -0.25) is 9.59 Å². The molecule has 0 spiro atoms. The molecule has 0 saturated carbocycles. The number of nitrogens with zero attached hydrogens (tertiary/aromatic N) is 1. The van der Waals surface area contributed by atoms with Crippen molar-refractivity contribution in [2.24, 2.45) is 5.73 Å². The van der Waals surface area contributed by atoms with Gasteiger partial charge >= 0.3 is 0 Å². The zero-order chi connectivity index (χ0) is 13.1. The van der Waals surface area contributed by atoms with Gasteiger partial charge in [-0.15, -0.1) is 0 Å². The summed E-state index contributed by atoms with van der Waals surface area (Å²) in [6, 6.07) is -0.351. The lowest BCUT2D eigenvalue weighted by atomic mass is 10.3. The molecule has 1 atom stereocenters. The zero-order valence-electron chi connectivity index (χ0n) is 9.68. The Bertz CT molecular complexity index is 406. The molecule has 17 heavy (non-hydrogen) atoms. The summed E-state index contributed by atoms with van der Waals surface area (Å²) in [6.45, 7) is 1.55. The molecule has 1 aliphatic rings. The molecule has 8 heteroatoms. The van der Waals surface area contributed by atoms with E-state index in [-0.39, 0.29) is 43.1 Å². The SMILES string of the molecule is CC1CS(=O)(=O)CCN1C(=O)CNC(=O)CN. The molecule has 0 bridgehead atoms. The summed E-state index contributed by atoms with van der Waals surface area (Å²) in [5.41, 5.74) is 5.08. The number of carbonyl (C=O) groups is 2. The molecule has 1 heterocycles. The zero-order valence-corrected chi connectivity index (χ0v) is 10.5. The number of sulfone groups is 1. The van der Waals surface area contributed by atoms with Crippen LogP contribution in [0.1, 0.15) is 6.92 Å². The third-order valence-electron chi connectivity index (χ3n) is 2.61. The second-order valence-electron chi connectivity index (χ2n) is 4.03. The number of hydrogen-bond acceptors (Lipinski definition) is 5. The largest absolute Gasteiger partial charge is 0.346 e. The number of carbonyl (C=O) groups excluding carboxylic acids is 2. The van der Waals surface area contributed by atoms with E-state index in [2.05, 4.69) is 5.32 Å². The van der Waals surface area contributed by atoms with Gasteiger partial charge < -0.3 is 16.0 Å². The molecule has 1 saturated heterocycles. The normalized spacial score (nSPS) is 23.2. The van der Waals surface area contributed by atoms with Crippen LogP contribution in [0.2, 0.25) is 0 Å². The second kappa shape index (κ2) is 5.46. The molecule has 1 rings (SSSR count). The molecule has 0 aromatic carbocycles. The summed E-state index contributed by atoms with van der Waals surface area (Å²) in [4.78, 5) is 24.1. The maximum absolute atomic E-state index is 11.7. The highest BCUT2D eigenvalue weighted by molar-refractivity contribution is 7.91. The summed E-state index contributed by atoms with van der Waals surface area (Å²) < 4.78 is 22.6. The summed E-state index contributed by atoms with van der Waals surface area (Å²) >= 11 is 0. The first-order valence-corrected chi connectivity index (χ1v) is 7.14. The van der Waals surface area contributed by atoms with Gasteiger partial charge in [0.15, 0.2) is 9.84 Å². The van der Waals surface area contributed by atoms with Crippen molar-refractivity contribution >= 4 is 21.7 Å². The average molecular weight is 263 g/mol. The standard InChI is InChI=1S/C9H17N3O4S/c1-7-6-17(15,16)3-2-12(7)9(14)5-11-8(13)4-10/h7H,2-6,10H2,1H3,(H,11,13). The Kier molecular flexibility index (Phi) is 4.47. The van der Waals surface area contributed by atoms with E-state index >= 15 is 0 Å². The lowest BCUT2D eigenvalue weighted by Crippen LogP contribution is -2.52. The number of nitrogens with one attached hydrogen (secondary N) is 1. The van der Waals surface area contributed by atoms with Crippen molar-refractivity contribution in [3.05, 3.63) is 0 Å². The van der Waals surface area contributed by atoms with E-state index in [1.807, 2.05) is 0 Å². The molecule has 1 fully saturated rings.